The molecule has 2 aromatic rings. The van der Waals surface area contributed by atoms with Crippen molar-refractivity contribution in [1.29, 1.82) is 0 Å². The van der Waals surface area contributed by atoms with Crippen molar-refractivity contribution in [3.05, 3.63) is 41.5 Å². The number of para-hydroxylation sites is 1. The second-order valence-electron chi connectivity index (χ2n) is 7.57. The molecule has 0 aliphatic carbocycles. The number of fused-ring (bicyclic) bond motifs is 1. The molecule has 1 saturated heterocycles. The number of nitrogens with one attached hydrogen (secondary N) is 1. The number of aryl methyl sites for hydroxylation is 1. The summed E-state index contributed by atoms with van der Waals surface area (Å²) in [6, 6.07) is 8.78. The lowest BCUT2D eigenvalue weighted by atomic mass is 9.98. The Balaban J connectivity index is 1.31. The number of piperidine rings is 1. The molecular weight excluding hydrogens is 342 g/mol. The first-order valence-corrected chi connectivity index (χ1v) is 9.79. The molecule has 1 aromatic carbocycles. The fourth-order valence-electron chi connectivity index (χ4n) is 4.12. The van der Waals surface area contributed by atoms with Gasteiger partial charge in [0.1, 0.15) is 0 Å². The molecule has 0 spiro atoms. The molecule has 1 fully saturated rings. The van der Waals surface area contributed by atoms with Gasteiger partial charge in [0.2, 0.25) is 5.89 Å². The Morgan fingerprint density at radius 1 is 1.37 bits per heavy atom. The molecule has 144 valence electrons. The van der Waals surface area contributed by atoms with E-state index in [4.69, 9.17) is 4.52 Å². The quantitative estimate of drug-likeness (QED) is 0.897. The zero-order chi connectivity index (χ0) is 18.8. The molecule has 2 amide bonds. The summed E-state index contributed by atoms with van der Waals surface area (Å²) in [6.45, 7) is 7.04. The number of anilines is 1. The van der Waals surface area contributed by atoms with Crippen molar-refractivity contribution in [2.75, 3.05) is 31.1 Å². The minimum Gasteiger partial charge on any atom is -0.366 e. The Morgan fingerprint density at radius 3 is 3.04 bits per heavy atom. The zero-order valence-electron chi connectivity index (χ0n) is 16.0. The highest BCUT2D eigenvalue weighted by atomic mass is 16.5. The second-order valence-corrected chi connectivity index (χ2v) is 7.57. The summed E-state index contributed by atoms with van der Waals surface area (Å²) in [4.78, 5) is 21.3. The number of hydrogen-bond donors (Lipinski definition) is 1. The van der Waals surface area contributed by atoms with Crippen molar-refractivity contribution in [3.8, 4) is 0 Å². The lowest BCUT2D eigenvalue weighted by molar-refractivity contribution is 0.171. The van der Waals surface area contributed by atoms with Gasteiger partial charge in [0, 0.05) is 37.9 Å². The summed E-state index contributed by atoms with van der Waals surface area (Å²) in [5.74, 6) is 1.42. The molecule has 3 heterocycles. The van der Waals surface area contributed by atoms with Crippen molar-refractivity contribution in [3.63, 3.8) is 0 Å². The summed E-state index contributed by atoms with van der Waals surface area (Å²) in [5, 5.41) is 6.99. The molecule has 0 saturated carbocycles. The molecule has 1 N–H and O–H groups in total. The van der Waals surface area contributed by atoms with E-state index in [0.29, 0.717) is 24.8 Å². The molecule has 0 bridgehead atoms. The van der Waals surface area contributed by atoms with Gasteiger partial charge in [0.05, 0.1) is 5.92 Å². The summed E-state index contributed by atoms with van der Waals surface area (Å²) in [6.07, 6.45) is 3.01. The maximum atomic E-state index is 12.7. The highest BCUT2D eigenvalue weighted by molar-refractivity contribution is 5.74. The van der Waals surface area contributed by atoms with Gasteiger partial charge in [-0.05, 0) is 44.7 Å². The average Bonchev–Trinajstić information content (AvgIpc) is 3.32. The zero-order valence-corrected chi connectivity index (χ0v) is 16.0. The summed E-state index contributed by atoms with van der Waals surface area (Å²) in [5.41, 5.74) is 2.69. The van der Waals surface area contributed by atoms with Gasteiger partial charge in [0.25, 0.3) is 0 Å². The Bertz CT molecular complexity index is 805. The lowest BCUT2D eigenvalue weighted by Gasteiger charge is -2.32. The molecule has 2 aliphatic rings. The Morgan fingerprint density at radius 2 is 2.22 bits per heavy atom. The van der Waals surface area contributed by atoms with Crippen LogP contribution in [0, 0.1) is 6.92 Å². The molecule has 7 nitrogen and oxygen atoms in total. The van der Waals surface area contributed by atoms with Crippen LogP contribution in [0.3, 0.4) is 0 Å². The fourth-order valence-corrected chi connectivity index (χ4v) is 4.12. The van der Waals surface area contributed by atoms with Crippen LogP contribution in [-0.2, 0) is 6.42 Å². The van der Waals surface area contributed by atoms with Crippen LogP contribution >= 0.6 is 0 Å². The van der Waals surface area contributed by atoms with Crippen molar-refractivity contribution in [1.82, 2.24) is 20.4 Å². The highest BCUT2D eigenvalue weighted by Gasteiger charge is 2.29. The van der Waals surface area contributed by atoms with Crippen LogP contribution < -0.4 is 10.2 Å². The molecule has 7 heteroatoms. The van der Waals surface area contributed by atoms with Gasteiger partial charge in [-0.25, -0.2) is 4.79 Å². The number of urea groups is 1. The molecule has 1 aromatic heterocycles. The van der Waals surface area contributed by atoms with Crippen LogP contribution in [0.15, 0.2) is 28.8 Å². The summed E-state index contributed by atoms with van der Waals surface area (Å²) in [7, 11) is 0. The molecule has 2 unspecified atom stereocenters. The van der Waals surface area contributed by atoms with Gasteiger partial charge in [0.15, 0.2) is 5.82 Å². The Kier molecular flexibility index (Phi) is 5.01. The third kappa shape index (κ3) is 3.77. The number of carbonyl (C=O) groups excluding carboxylic acids is 1. The Hall–Kier alpha value is -2.57. The minimum absolute atomic E-state index is 0.00438. The van der Waals surface area contributed by atoms with Crippen molar-refractivity contribution in [2.24, 2.45) is 0 Å². The van der Waals surface area contributed by atoms with Crippen LogP contribution in [0.1, 0.15) is 43.0 Å². The normalized spacial score (nSPS) is 20.4. The van der Waals surface area contributed by atoms with Crippen LogP contribution in [0.4, 0.5) is 10.5 Å². The number of benzene rings is 1. The van der Waals surface area contributed by atoms with Gasteiger partial charge >= 0.3 is 6.03 Å². The molecule has 2 aliphatic heterocycles. The topological polar surface area (TPSA) is 74.5 Å². The van der Waals surface area contributed by atoms with Crippen LogP contribution in [-0.4, -0.2) is 53.3 Å². The second kappa shape index (κ2) is 7.58. The molecular formula is C20H27N5O2. The number of aromatic nitrogens is 2. The van der Waals surface area contributed by atoms with E-state index in [9.17, 15) is 4.79 Å². The van der Waals surface area contributed by atoms with E-state index in [-0.39, 0.29) is 18.0 Å². The molecule has 2 atom stereocenters. The monoisotopic (exact) mass is 369 g/mol. The van der Waals surface area contributed by atoms with Crippen molar-refractivity contribution in [2.45, 2.75) is 45.1 Å². The summed E-state index contributed by atoms with van der Waals surface area (Å²) < 4.78 is 5.30. The van der Waals surface area contributed by atoms with Gasteiger partial charge in [-0.15, -0.1) is 0 Å². The van der Waals surface area contributed by atoms with E-state index in [0.717, 1.165) is 32.4 Å². The maximum Gasteiger partial charge on any atom is 0.317 e. The van der Waals surface area contributed by atoms with Crippen LogP contribution in [0.2, 0.25) is 0 Å². The number of amides is 2. The van der Waals surface area contributed by atoms with E-state index in [1.807, 2.05) is 11.8 Å². The summed E-state index contributed by atoms with van der Waals surface area (Å²) >= 11 is 0. The fraction of sp³-hybridized carbons (Fsp3) is 0.550. The molecule has 0 radical (unpaired) electrons. The lowest BCUT2D eigenvalue weighted by Crippen LogP contribution is -2.49. The van der Waals surface area contributed by atoms with Crippen LogP contribution in [0.25, 0.3) is 0 Å². The van der Waals surface area contributed by atoms with E-state index < -0.39 is 0 Å². The van der Waals surface area contributed by atoms with Gasteiger partial charge in [-0.1, -0.05) is 23.4 Å². The molecule has 4 rings (SSSR count). The first-order chi connectivity index (χ1) is 13.1. The predicted octanol–water partition coefficient (Wildman–Crippen LogP) is 2.72. The van der Waals surface area contributed by atoms with Crippen LogP contribution in [0.5, 0.6) is 0 Å². The Labute approximate surface area is 159 Å². The minimum atomic E-state index is -0.00438. The van der Waals surface area contributed by atoms with Crippen molar-refractivity contribution < 1.29 is 9.32 Å². The van der Waals surface area contributed by atoms with Gasteiger partial charge < -0.3 is 19.6 Å². The smallest absolute Gasteiger partial charge is 0.317 e. The maximum absolute atomic E-state index is 12.7. The predicted molar refractivity (Wildman–Crippen MR) is 103 cm³/mol. The highest BCUT2D eigenvalue weighted by Crippen LogP contribution is 2.29. The third-order valence-corrected chi connectivity index (χ3v) is 5.60. The van der Waals surface area contributed by atoms with E-state index >= 15 is 0 Å². The van der Waals surface area contributed by atoms with E-state index in [1.165, 1.54) is 11.3 Å². The third-order valence-electron chi connectivity index (χ3n) is 5.60. The largest absolute Gasteiger partial charge is 0.366 e. The van der Waals surface area contributed by atoms with E-state index in [1.54, 1.807) is 0 Å². The number of carbonyl (C=O) groups is 1. The first kappa shape index (κ1) is 17.8. The van der Waals surface area contributed by atoms with Gasteiger partial charge in [-0.3, -0.25) is 0 Å². The average molecular weight is 369 g/mol. The van der Waals surface area contributed by atoms with Gasteiger partial charge in [-0.2, -0.15) is 4.98 Å². The number of nitrogens with zero attached hydrogens (tertiary/aromatic N) is 4. The number of rotatable bonds is 4. The van der Waals surface area contributed by atoms with E-state index in [2.05, 4.69) is 51.5 Å². The van der Waals surface area contributed by atoms with Crippen molar-refractivity contribution >= 4 is 11.7 Å². The number of likely N-dealkylation sites (tertiary alicyclic amines) is 1. The standard InChI is InChI=1S/C20H27N5O2/c1-14(25-11-9-16-6-3-4-8-18(16)25)12-21-20(26)24-10-5-7-17(13-24)19-22-15(2)23-27-19/h3-4,6,8,14,17H,5,7,9-13H2,1-2H3,(H,21,26). The number of hydrogen-bond acceptors (Lipinski definition) is 5. The molecule has 27 heavy (non-hydrogen) atoms. The SMILES string of the molecule is Cc1noc(C2CCCN(C(=O)NCC(C)N3CCc4ccccc43)C2)n1. The first-order valence-electron chi connectivity index (χ1n) is 9.79.